The predicted octanol–water partition coefficient (Wildman–Crippen LogP) is 1.56. The minimum atomic E-state index is -0.946. The van der Waals surface area contributed by atoms with Crippen molar-refractivity contribution in [3.05, 3.63) is 29.8 Å². The van der Waals surface area contributed by atoms with Crippen LogP contribution >= 0.6 is 0 Å². The van der Waals surface area contributed by atoms with Gasteiger partial charge < -0.3 is 20.3 Å². The molecule has 1 aliphatic heterocycles. The van der Waals surface area contributed by atoms with Crippen LogP contribution in [0.4, 0.5) is 0 Å². The van der Waals surface area contributed by atoms with E-state index in [0.717, 1.165) is 44.8 Å². The van der Waals surface area contributed by atoms with Gasteiger partial charge in [0, 0.05) is 38.3 Å². The first-order valence-electron chi connectivity index (χ1n) is 10.9. The summed E-state index contributed by atoms with van der Waals surface area (Å²) in [5, 5.41) is 0. The van der Waals surface area contributed by atoms with E-state index in [0.29, 0.717) is 31.8 Å². The van der Waals surface area contributed by atoms with Gasteiger partial charge in [-0.05, 0) is 58.3 Å². The van der Waals surface area contributed by atoms with Crippen LogP contribution in [0.1, 0.15) is 31.2 Å². The van der Waals surface area contributed by atoms with E-state index in [1.54, 1.807) is 7.11 Å². The molecular formula is C23H36N4O3. The molecule has 0 aromatic heterocycles. The summed E-state index contributed by atoms with van der Waals surface area (Å²) in [5.74, 6) is 0.769. The smallest absolute Gasteiger partial charge is 0.238 e. The van der Waals surface area contributed by atoms with Gasteiger partial charge in [-0.15, -0.1) is 0 Å². The number of rotatable bonds is 10. The summed E-state index contributed by atoms with van der Waals surface area (Å²) < 4.78 is 5.50. The molecule has 2 aliphatic rings. The zero-order chi connectivity index (χ0) is 21.7. The van der Waals surface area contributed by atoms with Gasteiger partial charge in [0.2, 0.25) is 11.8 Å². The number of hydrogen-bond donors (Lipinski definition) is 1. The Morgan fingerprint density at radius 3 is 2.60 bits per heavy atom. The van der Waals surface area contributed by atoms with Gasteiger partial charge in [-0.3, -0.25) is 14.5 Å². The highest BCUT2D eigenvalue weighted by atomic mass is 16.5. The molecule has 1 aromatic rings. The molecule has 1 atom stereocenters. The molecule has 1 saturated heterocycles. The number of methoxy groups -OCH3 is 1. The number of likely N-dealkylation sites (N-methyl/N-ethyl adjacent to an activating group) is 1. The molecule has 0 bridgehead atoms. The summed E-state index contributed by atoms with van der Waals surface area (Å²) in [5.41, 5.74) is 5.82. The minimum Gasteiger partial charge on any atom is -0.496 e. The zero-order valence-electron chi connectivity index (χ0n) is 18.6. The van der Waals surface area contributed by atoms with E-state index >= 15 is 0 Å². The molecule has 1 aliphatic carbocycles. The summed E-state index contributed by atoms with van der Waals surface area (Å²) in [6.45, 7) is 4.92. The highest BCUT2D eigenvalue weighted by Gasteiger charge is 2.57. The maximum absolute atomic E-state index is 13.2. The second-order valence-electron chi connectivity index (χ2n) is 9.06. The zero-order valence-corrected chi connectivity index (χ0v) is 18.6. The number of likely N-dealkylation sites (tertiary alicyclic amines) is 1. The standard InChI is InChI=1S/C23H36N4O3/c1-25(2)13-14-27(22(29)23(10-11-23)21(24)28)16-18-7-6-12-26(15-18)17-19-8-4-5-9-20(19)30-3/h4-5,8-9,18H,6-7,10-17H2,1-3H3,(H2,24,28)/t18-/m1/s1. The molecule has 0 unspecified atom stereocenters. The fourth-order valence-corrected chi connectivity index (χ4v) is 4.42. The molecule has 30 heavy (non-hydrogen) atoms. The Kier molecular flexibility index (Phi) is 7.36. The number of primary amides is 1. The van der Waals surface area contributed by atoms with Gasteiger partial charge in [0.15, 0.2) is 0 Å². The maximum Gasteiger partial charge on any atom is 0.238 e. The van der Waals surface area contributed by atoms with Gasteiger partial charge in [0.25, 0.3) is 0 Å². The molecule has 3 rings (SSSR count). The quantitative estimate of drug-likeness (QED) is 0.586. The fraction of sp³-hybridized carbons (Fsp3) is 0.652. The monoisotopic (exact) mass is 416 g/mol. The predicted molar refractivity (Wildman–Crippen MR) is 117 cm³/mol. The van der Waals surface area contributed by atoms with E-state index in [1.807, 2.05) is 37.2 Å². The third-order valence-corrected chi connectivity index (χ3v) is 6.40. The van der Waals surface area contributed by atoms with Crippen molar-refractivity contribution in [1.82, 2.24) is 14.7 Å². The van der Waals surface area contributed by atoms with E-state index in [1.165, 1.54) is 5.56 Å². The summed E-state index contributed by atoms with van der Waals surface area (Å²) >= 11 is 0. The molecule has 7 nitrogen and oxygen atoms in total. The van der Waals surface area contributed by atoms with Crippen LogP contribution in [-0.2, 0) is 16.1 Å². The topological polar surface area (TPSA) is 79.1 Å². The lowest BCUT2D eigenvalue weighted by Gasteiger charge is -2.37. The van der Waals surface area contributed by atoms with E-state index in [9.17, 15) is 9.59 Å². The lowest BCUT2D eigenvalue weighted by atomic mass is 9.95. The number of piperidine rings is 1. The number of amides is 2. The van der Waals surface area contributed by atoms with Crippen LogP contribution in [0, 0.1) is 11.3 Å². The molecule has 0 radical (unpaired) electrons. The van der Waals surface area contributed by atoms with Crippen molar-refractivity contribution in [3.8, 4) is 5.75 Å². The number of nitrogens with two attached hydrogens (primary N) is 1. The van der Waals surface area contributed by atoms with Crippen LogP contribution in [0.2, 0.25) is 0 Å². The first-order valence-corrected chi connectivity index (χ1v) is 10.9. The Labute approximate surface area is 180 Å². The first kappa shape index (κ1) is 22.6. The Hall–Kier alpha value is -2.12. The van der Waals surface area contributed by atoms with E-state index in [4.69, 9.17) is 10.5 Å². The Morgan fingerprint density at radius 1 is 1.23 bits per heavy atom. The number of benzene rings is 1. The average Bonchev–Trinajstić information content (AvgIpc) is 3.53. The summed E-state index contributed by atoms with van der Waals surface area (Å²) in [6, 6.07) is 8.14. The minimum absolute atomic E-state index is 0.0706. The molecule has 2 amide bonds. The second-order valence-corrected chi connectivity index (χ2v) is 9.06. The Balaban J connectivity index is 1.65. The van der Waals surface area contributed by atoms with Gasteiger partial charge in [-0.2, -0.15) is 0 Å². The van der Waals surface area contributed by atoms with Crippen molar-refractivity contribution < 1.29 is 14.3 Å². The highest BCUT2D eigenvalue weighted by Crippen LogP contribution is 2.47. The lowest BCUT2D eigenvalue weighted by Crippen LogP contribution is -2.49. The van der Waals surface area contributed by atoms with Crippen molar-refractivity contribution in [2.75, 3.05) is 53.9 Å². The molecule has 2 N–H and O–H groups in total. The van der Waals surface area contributed by atoms with Crippen LogP contribution < -0.4 is 10.5 Å². The van der Waals surface area contributed by atoms with Gasteiger partial charge in [-0.1, -0.05) is 18.2 Å². The van der Waals surface area contributed by atoms with Crippen molar-refractivity contribution in [2.24, 2.45) is 17.1 Å². The highest BCUT2D eigenvalue weighted by molar-refractivity contribution is 6.07. The van der Waals surface area contributed by atoms with Crippen molar-refractivity contribution in [2.45, 2.75) is 32.2 Å². The van der Waals surface area contributed by atoms with Crippen LogP contribution in [0.3, 0.4) is 0 Å². The van der Waals surface area contributed by atoms with Crippen molar-refractivity contribution in [1.29, 1.82) is 0 Å². The molecule has 0 spiro atoms. The third kappa shape index (κ3) is 5.32. The molecular weight excluding hydrogens is 380 g/mol. The molecule has 1 saturated carbocycles. The fourth-order valence-electron chi connectivity index (χ4n) is 4.42. The SMILES string of the molecule is COc1ccccc1CN1CCC[C@@H](CN(CCN(C)C)C(=O)C2(C(N)=O)CC2)C1. The van der Waals surface area contributed by atoms with Gasteiger partial charge in [0.05, 0.1) is 7.11 Å². The normalized spacial score (nSPS) is 20.7. The van der Waals surface area contributed by atoms with Gasteiger partial charge in [0.1, 0.15) is 11.2 Å². The number of carbonyl (C=O) groups excluding carboxylic acids is 2. The first-order chi connectivity index (χ1) is 14.4. The number of ether oxygens (including phenoxy) is 1. The number of hydrogen-bond acceptors (Lipinski definition) is 5. The van der Waals surface area contributed by atoms with Crippen LogP contribution in [-0.4, -0.2) is 80.4 Å². The molecule has 1 aromatic carbocycles. The summed E-state index contributed by atoms with van der Waals surface area (Å²) in [4.78, 5) is 31.5. The third-order valence-electron chi connectivity index (χ3n) is 6.40. The van der Waals surface area contributed by atoms with Gasteiger partial charge >= 0.3 is 0 Å². The Morgan fingerprint density at radius 2 is 1.97 bits per heavy atom. The second kappa shape index (κ2) is 9.79. The van der Waals surface area contributed by atoms with Crippen LogP contribution in [0.25, 0.3) is 0 Å². The van der Waals surface area contributed by atoms with Crippen molar-refractivity contribution in [3.63, 3.8) is 0 Å². The lowest BCUT2D eigenvalue weighted by molar-refractivity contribution is -0.143. The van der Waals surface area contributed by atoms with E-state index < -0.39 is 11.3 Å². The molecule has 166 valence electrons. The molecule has 7 heteroatoms. The molecule has 1 heterocycles. The molecule has 2 fully saturated rings. The summed E-state index contributed by atoms with van der Waals surface area (Å²) in [7, 11) is 5.71. The average molecular weight is 417 g/mol. The largest absolute Gasteiger partial charge is 0.496 e. The van der Waals surface area contributed by atoms with Crippen LogP contribution in [0.5, 0.6) is 5.75 Å². The van der Waals surface area contributed by atoms with Crippen molar-refractivity contribution >= 4 is 11.8 Å². The van der Waals surface area contributed by atoms with E-state index in [-0.39, 0.29) is 5.91 Å². The van der Waals surface area contributed by atoms with Gasteiger partial charge in [-0.25, -0.2) is 0 Å². The number of carbonyl (C=O) groups is 2. The number of nitrogens with zero attached hydrogens (tertiary/aromatic N) is 3. The maximum atomic E-state index is 13.2. The van der Waals surface area contributed by atoms with Crippen LogP contribution in [0.15, 0.2) is 24.3 Å². The number of para-hydroxylation sites is 1. The Bertz CT molecular complexity index is 748. The van der Waals surface area contributed by atoms with E-state index in [2.05, 4.69) is 15.9 Å². The summed E-state index contributed by atoms with van der Waals surface area (Å²) in [6.07, 6.45) is 3.38.